The molecule has 0 aromatic heterocycles. The molecule has 0 bridgehead atoms. The molecule has 2 aliphatic carbocycles. The van der Waals surface area contributed by atoms with Crippen LogP contribution < -0.4 is 0 Å². The molecule has 33 heavy (non-hydrogen) atoms. The van der Waals surface area contributed by atoms with E-state index in [0.29, 0.717) is 12.0 Å². The fourth-order valence-electron chi connectivity index (χ4n) is 4.44. The zero-order valence-corrected chi connectivity index (χ0v) is 18.5. The van der Waals surface area contributed by atoms with Crippen LogP contribution in [-0.4, -0.2) is 47.7 Å². The van der Waals surface area contributed by atoms with Crippen LogP contribution in [0.4, 0.5) is 18.0 Å². The lowest BCUT2D eigenvalue weighted by atomic mass is 9.74. The molecule has 2 heterocycles. The number of ether oxygens (including phenoxy) is 1. The minimum Gasteiger partial charge on any atom is -0.449 e. The maximum absolute atomic E-state index is 13.3. The molecule has 4 rings (SSSR count). The summed E-state index contributed by atoms with van der Waals surface area (Å²) in [5, 5.41) is 0. The minimum absolute atomic E-state index is 0.0805. The molecule has 4 aliphatic rings. The number of fused-ring (bicyclic) bond motifs is 2. The SMILES string of the molecule is CC1(C)C=C=C=C2C(=C1)C1(C=CN(C(=O)OCC3C=CC=CC3)CC1)CN2C(=O)C(F)(F)F. The van der Waals surface area contributed by atoms with Gasteiger partial charge in [0.1, 0.15) is 0 Å². The summed E-state index contributed by atoms with van der Waals surface area (Å²) in [7, 11) is 0. The largest absolute Gasteiger partial charge is 0.471 e. The average Bonchev–Trinajstić information content (AvgIpc) is 2.92. The van der Waals surface area contributed by atoms with Gasteiger partial charge in [-0.05, 0) is 30.2 Å². The number of halogens is 3. The van der Waals surface area contributed by atoms with Gasteiger partial charge in [-0.3, -0.25) is 14.6 Å². The molecular weight excluding hydrogens is 433 g/mol. The molecule has 1 spiro atoms. The molecule has 2 atom stereocenters. The Morgan fingerprint density at radius 2 is 2.06 bits per heavy atom. The molecule has 1 saturated heterocycles. The maximum Gasteiger partial charge on any atom is 0.471 e. The Bertz CT molecular complexity index is 1080. The van der Waals surface area contributed by atoms with E-state index in [9.17, 15) is 22.8 Å². The van der Waals surface area contributed by atoms with Crippen LogP contribution >= 0.6 is 0 Å². The van der Waals surface area contributed by atoms with Crippen molar-refractivity contribution in [3.63, 3.8) is 0 Å². The second-order valence-electron chi connectivity index (χ2n) is 9.33. The van der Waals surface area contributed by atoms with E-state index in [4.69, 9.17) is 4.74 Å². The summed E-state index contributed by atoms with van der Waals surface area (Å²) in [4.78, 5) is 26.9. The molecule has 2 unspecified atom stereocenters. The highest BCUT2D eigenvalue weighted by Crippen LogP contribution is 2.50. The highest BCUT2D eigenvalue weighted by molar-refractivity contribution is 5.85. The normalized spacial score (nSPS) is 27.4. The number of carbonyl (C=O) groups excluding carboxylic acids is 2. The Morgan fingerprint density at radius 3 is 2.70 bits per heavy atom. The number of allylic oxidation sites excluding steroid dienone is 6. The summed E-state index contributed by atoms with van der Waals surface area (Å²) in [5.74, 6) is -1.81. The lowest BCUT2D eigenvalue weighted by Gasteiger charge is -2.34. The first kappa shape index (κ1) is 23.0. The molecule has 0 aromatic rings. The van der Waals surface area contributed by atoms with E-state index >= 15 is 0 Å². The molecule has 2 aliphatic heterocycles. The van der Waals surface area contributed by atoms with Gasteiger partial charge in [0.25, 0.3) is 0 Å². The fraction of sp³-hybridized carbons (Fsp3) is 0.440. The van der Waals surface area contributed by atoms with E-state index in [-0.39, 0.29) is 31.3 Å². The number of alkyl halides is 3. The van der Waals surface area contributed by atoms with Gasteiger partial charge in [-0.25, -0.2) is 4.79 Å². The maximum atomic E-state index is 13.3. The number of hydrogen-bond acceptors (Lipinski definition) is 3. The Balaban J connectivity index is 1.57. The summed E-state index contributed by atoms with van der Waals surface area (Å²) in [6.07, 6.45) is 10.3. The number of rotatable bonds is 2. The Morgan fingerprint density at radius 1 is 1.27 bits per heavy atom. The number of hydrogen-bond donors (Lipinski definition) is 0. The van der Waals surface area contributed by atoms with Gasteiger partial charge in [0.2, 0.25) is 0 Å². The van der Waals surface area contributed by atoms with E-state index < -0.39 is 29.0 Å². The lowest BCUT2D eigenvalue weighted by molar-refractivity contribution is -0.183. The van der Waals surface area contributed by atoms with Gasteiger partial charge >= 0.3 is 18.2 Å². The van der Waals surface area contributed by atoms with Gasteiger partial charge in [-0.15, -0.1) is 0 Å². The van der Waals surface area contributed by atoms with E-state index in [1.54, 1.807) is 18.4 Å². The number of amides is 2. The molecule has 174 valence electrons. The molecular formula is C25H25F3N2O3. The Kier molecular flexibility index (Phi) is 5.77. The first-order valence-corrected chi connectivity index (χ1v) is 10.8. The van der Waals surface area contributed by atoms with E-state index in [2.05, 4.69) is 11.5 Å². The van der Waals surface area contributed by atoms with Gasteiger partial charge in [-0.1, -0.05) is 56.0 Å². The third-order valence-electron chi connectivity index (χ3n) is 6.24. The first-order valence-electron chi connectivity index (χ1n) is 10.8. The van der Waals surface area contributed by atoms with Crippen molar-refractivity contribution >= 4 is 12.0 Å². The van der Waals surface area contributed by atoms with Gasteiger partial charge in [0, 0.05) is 36.0 Å². The smallest absolute Gasteiger partial charge is 0.449 e. The molecule has 1 fully saturated rings. The second-order valence-corrected chi connectivity index (χ2v) is 9.33. The molecule has 5 nitrogen and oxygen atoms in total. The van der Waals surface area contributed by atoms with Crippen molar-refractivity contribution in [1.29, 1.82) is 0 Å². The molecule has 0 N–H and O–H groups in total. The summed E-state index contributed by atoms with van der Waals surface area (Å²) in [6, 6.07) is 0. The van der Waals surface area contributed by atoms with Gasteiger partial charge in [0.05, 0.1) is 12.3 Å². The summed E-state index contributed by atoms with van der Waals surface area (Å²) in [6.45, 7) is 4.16. The average molecular weight is 458 g/mol. The van der Waals surface area contributed by atoms with Crippen molar-refractivity contribution in [3.8, 4) is 0 Å². The van der Waals surface area contributed by atoms with Gasteiger partial charge in [-0.2, -0.15) is 13.2 Å². The van der Waals surface area contributed by atoms with Crippen molar-refractivity contribution < 1.29 is 27.5 Å². The van der Waals surface area contributed by atoms with Crippen molar-refractivity contribution in [3.05, 3.63) is 71.5 Å². The van der Waals surface area contributed by atoms with Crippen LogP contribution in [0.5, 0.6) is 0 Å². The quantitative estimate of drug-likeness (QED) is 0.546. The molecule has 0 saturated carbocycles. The first-order chi connectivity index (χ1) is 15.5. The van der Waals surface area contributed by atoms with Crippen molar-refractivity contribution in [2.75, 3.05) is 19.7 Å². The van der Waals surface area contributed by atoms with Crippen molar-refractivity contribution in [2.24, 2.45) is 16.7 Å². The standard InChI is InChI=1S/C25H25F3N2O3/c1-23(2)10-6-9-20-19(15-23)24(17-30(20)21(31)25(26,27)28)11-13-29(14-12-24)22(32)33-16-18-7-4-3-5-8-18/h3-5,7,10-11,13,15,18H,8,12,14,16-17H2,1-2H3. The van der Waals surface area contributed by atoms with E-state index in [1.807, 2.05) is 44.2 Å². The van der Waals surface area contributed by atoms with Crippen molar-refractivity contribution in [2.45, 2.75) is 32.9 Å². The topological polar surface area (TPSA) is 49.9 Å². The third kappa shape index (κ3) is 4.63. The zero-order valence-electron chi connectivity index (χ0n) is 18.5. The lowest BCUT2D eigenvalue weighted by Crippen LogP contribution is -2.42. The second kappa shape index (κ2) is 8.29. The highest BCUT2D eigenvalue weighted by Gasteiger charge is 2.53. The molecule has 0 aromatic carbocycles. The summed E-state index contributed by atoms with van der Waals surface area (Å²) >= 11 is 0. The molecule has 8 heteroatoms. The monoisotopic (exact) mass is 458 g/mol. The molecule has 0 radical (unpaired) electrons. The fourth-order valence-corrected chi connectivity index (χ4v) is 4.44. The van der Waals surface area contributed by atoms with Crippen LogP contribution in [0.1, 0.15) is 26.7 Å². The van der Waals surface area contributed by atoms with Crippen molar-refractivity contribution in [1.82, 2.24) is 9.80 Å². The Hall–Kier alpha value is -3.21. The highest BCUT2D eigenvalue weighted by atomic mass is 19.4. The van der Waals surface area contributed by atoms with Gasteiger partial charge < -0.3 is 4.74 Å². The van der Waals surface area contributed by atoms with Crippen LogP contribution in [0.2, 0.25) is 0 Å². The van der Waals surface area contributed by atoms with Crippen LogP contribution in [0.25, 0.3) is 0 Å². The summed E-state index contributed by atoms with van der Waals surface area (Å²) < 4.78 is 45.3. The van der Waals surface area contributed by atoms with Gasteiger partial charge in [0.15, 0.2) is 0 Å². The number of likely N-dealkylation sites (tertiary alicyclic amines) is 1. The van der Waals surface area contributed by atoms with E-state index in [0.717, 1.165) is 11.3 Å². The summed E-state index contributed by atoms with van der Waals surface area (Å²) in [5.41, 5.74) is 4.89. The predicted molar refractivity (Wildman–Crippen MR) is 115 cm³/mol. The minimum atomic E-state index is -5.01. The van der Waals surface area contributed by atoms with Crippen LogP contribution in [0, 0.1) is 16.7 Å². The Labute approximate surface area is 190 Å². The van der Waals surface area contributed by atoms with Crippen LogP contribution in [0.3, 0.4) is 0 Å². The predicted octanol–water partition coefficient (Wildman–Crippen LogP) is 5.03. The number of carbonyl (C=O) groups is 2. The van der Waals surface area contributed by atoms with Crippen LogP contribution in [0.15, 0.2) is 71.5 Å². The zero-order chi connectivity index (χ0) is 23.9. The third-order valence-corrected chi connectivity index (χ3v) is 6.24. The molecule has 2 amide bonds. The van der Waals surface area contributed by atoms with E-state index in [1.165, 1.54) is 4.90 Å². The number of nitrogens with zero attached hydrogens (tertiary/aromatic N) is 2. The van der Waals surface area contributed by atoms with Crippen LogP contribution in [-0.2, 0) is 9.53 Å².